The van der Waals surface area contributed by atoms with Gasteiger partial charge in [-0.25, -0.2) is 13.6 Å². The minimum atomic E-state index is -2.05. The molecular formula is C33H26F2N2O7S. The van der Waals surface area contributed by atoms with Crippen LogP contribution in [0.15, 0.2) is 84.4 Å². The van der Waals surface area contributed by atoms with Crippen molar-refractivity contribution in [3.63, 3.8) is 0 Å². The Morgan fingerprint density at radius 3 is 2.13 bits per heavy atom. The van der Waals surface area contributed by atoms with Crippen molar-refractivity contribution >= 4 is 40.6 Å². The van der Waals surface area contributed by atoms with Crippen molar-refractivity contribution in [2.75, 3.05) is 21.3 Å². The molecule has 0 saturated heterocycles. The quantitative estimate of drug-likeness (QED) is 0.165. The Morgan fingerprint density at radius 2 is 1.51 bits per heavy atom. The van der Waals surface area contributed by atoms with Crippen LogP contribution in [0, 0.1) is 11.6 Å². The minimum absolute atomic E-state index is 0.0534. The number of ether oxygens (including phenoxy) is 4. The highest BCUT2D eigenvalue weighted by atomic mass is 32.1. The maximum absolute atomic E-state index is 14.4. The van der Waals surface area contributed by atoms with Gasteiger partial charge in [0.05, 0.1) is 38.6 Å². The number of aliphatic hydroxyl groups is 1. The van der Waals surface area contributed by atoms with Gasteiger partial charge in [0.25, 0.3) is 5.79 Å². The van der Waals surface area contributed by atoms with E-state index in [0.717, 1.165) is 17.8 Å². The van der Waals surface area contributed by atoms with Crippen LogP contribution in [0.1, 0.15) is 27.0 Å². The average Bonchev–Trinajstić information content (AvgIpc) is 3.62. The first kappa shape index (κ1) is 31.2. The number of aromatic nitrogens is 2. The highest BCUT2D eigenvalue weighted by Crippen LogP contribution is 2.45. The van der Waals surface area contributed by atoms with Crippen molar-refractivity contribution in [2.24, 2.45) is 0 Å². The second kappa shape index (κ2) is 13.2. The molecule has 4 aromatic carbocycles. The molecule has 0 aliphatic carbocycles. The molecule has 1 aromatic heterocycles. The SMILES string of the molecule is COc1ccc(C2(O)OC(=O)C(c3ccc4nsnc4c3)=C2Cc2ccc(OC)c(F)c2)cc1.COc1ccc(C=O)cc1F. The van der Waals surface area contributed by atoms with Crippen LogP contribution < -0.4 is 14.2 Å². The van der Waals surface area contributed by atoms with Gasteiger partial charge in [0.15, 0.2) is 23.1 Å². The van der Waals surface area contributed by atoms with Gasteiger partial charge in [-0.1, -0.05) is 12.1 Å². The van der Waals surface area contributed by atoms with Gasteiger partial charge in [-0.3, -0.25) is 4.79 Å². The molecule has 1 aliphatic rings. The van der Waals surface area contributed by atoms with Crippen LogP contribution in [0.5, 0.6) is 17.2 Å². The summed E-state index contributed by atoms with van der Waals surface area (Å²) in [6, 6.07) is 20.3. The van der Waals surface area contributed by atoms with Crippen LogP contribution in [0.3, 0.4) is 0 Å². The number of carbonyl (C=O) groups excluding carboxylic acids is 2. The Kier molecular flexibility index (Phi) is 9.16. The van der Waals surface area contributed by atoms with E-state index in [9.17, 15) is 23.5 Å². The number of hydrogen-bond acceptors (Lipinski definition) is 10. The molecule has 2 heterocycles. The summed E-state index contributed by atoms with van der Waals surface area (Å²) in [5.74, 6) is -2.97. The van der Waals surface area contributed by atoms with E-state index in [-0.39, 0.29) is 29.1 Å². The van der Waals surface area contributed by atoms with Gasteiger partial charge in [-0.15, -0.1) is 0 Å². The first-order valence-electron chi connectivity index (χ1n) is 13.4. The number of carbonyl (C=O) groups is 2. The fourth-order valence-electron chi connectivity index (χ4n) is 4.81. The third-order valence-electron chi connectivity index (χ3n) is 7.09. The second-order valence-corrected chi connectivity index (χ2v) is 10.3. The lowest BCUT2D eigenvalue weighted by Gasteiger charge is -2.26. The van der Waals surface area contributed by atoms with Crippen molar-refractivity contribution in [1.29, 1.82) is 0 Å². The van der Waals surface area contributed by atoms with Gasteiger partial charge >= 0.3 is 5.97 Å². The predicted molar refractivity (Wildman–Crippen MR) is 162 cm³/mol. The van der Waals surface area contributed by atoms with Crippen molar-refractivity contribution in [1.82, 2.24) is 8.75 Å². The normalized spacial score (nSPS) is 15.7. The Labute approximate surface area is 260 Å². The molecule has 0 spiro atoms. The molecule has 0 amide bonds. The molecule has 45 heavy (non-hydrogen) atoms. The van der Waals surface area contributed by atoms with Gasteiger partial charge in [0.1, 0.15) is 23.1 Å². The molecule has 0 bridgehead atoms. The Morgan fingerprint density at radius 1 is 0.844 bits per heavy atom. The monoisotopic (exact) mass is 632 g/mol. The van der Waals surface area contributed by atoms with Crippen molar-refractivity contribution in [3.8, 4) is 17.2 Å². The van der Waals surface area contributed by atoms with E-state index >= 15 is 0 Å². The third kappa shape index (κ3) is 6.37. The summed E-state index contributed by atoms with van der Waals surface area (Å²) in [6.45, 7) is 0. The van der Waals surface area contributed by atoms with Crippen LogP contribution in [0.4, 0.5) is 8.78 Å². The molecule has 230 valence electrons. The third-order valence-corrected chi connectivity index (χ3v) is 7.64. The maximum atomic E-state index is 14.4. The summed E-state index contributed by atoms with van der Waals surface area (Å²) in [5.41, 5.74) is 3.52. The zero-order valence-corrected chi connectivity index (χ0v) is 25.1. The largest absolute Gasteiger partial charge is 0.497 e. The first-order chi connectivity index (χ1) is 21.7. The van der Waals surface area contributed by atoms with E-state index in [1.165, 1.54) is 45.6 Å². The number of benzene rings is 4. The first-order valence-corrected chi connectivity index (χ1v) is 14.1. The summed E-state index contributed by atoms with van der Waals surface area (Å²) in [7, 11) is 4.29. The van der Waals surface area contributed by atoms with Crippen molar-refractivity contribution < 1.29 is 42.4 Å². The number of hydrogen-bond donors (Lipinski definition) is 1. The lowest BCUT2D eigenvalue weighted by Crippen LogP contribution is -2.29. The zero-order chi connectivity index (χ0) is 32.1. The number of nitrogens with zero attached hydrogens (tertiary/aromatic N) is 2. The number of halogens is 2. The van der Waals surface area contributed by atoms with Gasteiger partial charge in [-0.2, -0.15) is 8.75 Å². The molecule has 0 fully saturated rings. The summed E-state index contributed by atoms with van der Waals surface area (Å²) < 4.78 is 56.1. The number of fused-ring (bicyclic) bond motifs is 1. The predicted octanol–water partition coefficient (Wildman–Crippen LogP) is 5.89. The standard InChI is InChI=1S/C25H19FN2O5S.C8H7FO2/c1-31-17-7-5-16(6-8-17)25(30)18(11-14-3-10-22(32-2)19(26)12-14)23(24(29)33-25)15-4-9-20-21(13-15)28-34-27-20;1-11-8-3-2-6(5-10)4-7(8)9/h3-10,12-13,30H,11H2,1-2H3;2-5H,1H3. The minimum Gasteiger partial charge on any atom is -0.497 e. The maximum Gasteiger partial charge on any atom is 0.342 e. The molecule has 1 unspecified atom stereocenters. The molecule has 5 aromatic rings. The molecule has 1 N–H and O–H groups in total. The average molecular weight is 633 g/mol. The lowest BCUT2D eigenvalue weighted by atomic mass is 9.88. The van der Waals surface area contributed by atoms with E-state index in [1.807, 2.05) is 0 Å². The summed E-state index contributed by atoms with van der Waals surface area (Å²) in [4.78, 5) is 23.3. The van der Waals surface area contributed by atoms with Crippen LogP contribution in [-0.2, 0) is 21.7 Å². The number of esters is 1. The fourth-order valence-corrected chi connectivity index (χ4v) is 5.32. The second-order valence-electron chi connectivity index (χ2n) is 9.74. The molecule has 1 atom stereocenters. The Hall–Kier alpha value is -5.20. The van der Waals surface area contributed by atoms with Crippen LogP contribution in [-0.4, -0.2) is 47.4 Å². The number of cyclic esters (lactones) is 1. The smallest absolute Gasteiger partial charge is 0.342 e. The van der Waals surface area contributed by atoms with Crippen LogP contribution >= 0.6 is 11.7 Å². The zero-order valence-electron chi connectivity index (χ0n) is 24.2. The Balaban J connectivity index is 0.000000309. The van der Waals surface area contributed by atoms with Gasteiger partial charge in [0, 0.05) is 23.1 Å². The molecule has 9 nitrogen and oxygen atoms in total. The molecule has 6 rings (SSSR count). The fraction of sp³-hybridized carbons (Fsp3) is 0.152. The van der Waals surface area contributed by atoms with Gasteiger partial charge < -0.3 is 24.1 Å². The molecule has 0 radical (unpaired) electrons. The summed E-state index contributed by atoms with van der Waals surface area (Å²) in [6.07, 6.45) is 0.639. The topological polar surface area (TPSA) is 117 Å². The summed E-state index contributed by atoms with van der Waals surface area (Å²) >= 11 is 1.07. The molecule has 12 heteroatoms. The van der Waals surface area contributed by atoms with E-state index in [4.69, 9.17) is 14.2 Å². The molecule has 1 aliphatic heterocycles. The molecule has 0 saturated carbocycles. The Bertz CT molecular complexity index is 1910. The van der Waals surface area contributed by atoms with Crippen molar-refractivity contribution in [2.45, 2.75) is 12.2 Å². The van der Waals surface area contributed by atoms with E-state index in [0.29, 0.717) is 45.3 Å². The van der Waals surface area contributed by atoms with Gasteiger partial charge in [-0.05, 0) is 77.9 Å². The van der Waals surface area contributed by atoms with Crippen LogP contribution in [0.25, 0.3) is 16.6 Å². The van der Waals surface area contributed by atoms with Gasteiger partial charge in [0.2, 0.25) is 0 Å². The highest BCUT2D eigenvalue weighted by molar-refractivity contribution is 7.00. The highest BCUT2D eigenvalue weighted by Gasteiger charge is 2.48. The van der Waals surface area contributed by atoms with Crippen molar-refractivity contribution in [3.05, 3.63) is 118 Å². The van der Waals surface area contributed by atoms with E-state index in [2.05, 4.69) is 13.5 Å². The number of methoxy groups -OCH3 is 3. The van der Waals surface area contributed by atoms with E-state index < -0.39 is 23.4 Å². The molecular weight excluding hydrogens is 606 g/mol. The lowest BCUT2D eigenvalue weighted by molar-refractivity contribution is -0.185. The summed E-state index contributed by atoms with van der Waals surface area (Å²) in [5, 5.41) is 11.7. The van der Waals surface area contributed by atoms with E-state index in [1.54, 1.807) is 48.5 Å². The van der Waals surface area contributed by atoms with Crippen LogP contribution in [0.2, 0.25) is 0 Å². The number of rotatable bonds is 8. The number of aldehydes is 1.